The Balaban J connectivity index is 1.41. The lowest BCUT2D eigenvalue weighted by atomic mass is 9.94. The monoisotopic (exact) mass is 481 g/mol. The molecule has 1 unspecified atom stereocenters. The van der Waals surface area contributed by atoms with E-state index >= 15 is 0 Å². The summed E-state index contributed by atoms with van der Waals surface area (Å²) in [6.45, 7) is 0. The molecule has 2 aliphatic rings. The van der Waals surface area contributed by atoms with Gasteiger partial charge in [0.25, 0.3) is 5.91 Å². The molecule has 1 fully saturated rings. The van der Waals surface area contributed by atoms with Gasteiger partial charge < -0.3 is 9.88 Å². The average molecular weight is 482 g/mol. The molecular weight excluding hydrogens is 453 g/mol. The first-order valence-electron chi connectivity index (χ1n) is 12.7. The number of nitrogens with zero attached hydrogens (tertiary/aromatic N) is 2. The van der Waals surface area contributed by atoms with E-state index in [-0.39, 0.29) is 24.3 Å². The van der Waals surface area contributed by atoms with Gasteiger partial charge >= 0.3 is 0 Å². The predicted octanol–water partition coefficient (Wildman–Crippen LogP) is 6.30. The molecule has 36 heavy (non-hydrogen) atoms. The number of amides is 2. The molecule has 1 aromatic heterocycles. The van der Waals surface area contributed by atoms with Gasteiger partial charge in [0.1, 0.15) is 11.9 Å². The molecule has 0 radical (unpaired) electrons. The number of para-hydroxylation sites is 1. The molecule has 1 atom stereocenters. The Morgan fingerprint density at radius 1 is 0.972 bits per heavy atom. The molecule has 2 amide bonds. The minimum Gasteiger partial charge on any atom is -0.361 e. The second kappa shape index (κ2) is 9.26. The zero-order valence-electron chi connectivity index (χ0n) is 20.0. The van der Waals surface area contributed by atoms with E-state index in [4.69, 9.17) is 0 Å². The Morgan fingerprint density at radius 3 is 2.64 bits per heavy atom. The lowest BCUT2D eigenvalue weighted by Crippen LogP contribution is -2.45. The van der Waals surface area contributed by atoms with Crippen LogP contribution in [0.3, 0.4) is 0 Å². The molecule has 1 aliphatic carbocycles. The van der Waals surface area contributed by atoms with E-state index in [1.54, 1.807) is 12.1 Å². The SMILES string of the molecule is O=C1C(N(C(=O)Cc2ccc3[nH]ccc3c2)c2cccc(F)c2)c2ccccc2N1C1CCCCC1. The highest BCUT2D eigenvalue weighted by molar-refractivity contribution is 6.12. The number of rotatable bonds is 5. The van der Waals surface area contributed by atoms with Gasteiger partial charge in [-0.05, 0) is 66.3 Å². The van der Waals surface area contributed by atoms with Crippen molar-refractivity contribution in [1.82, 2.24) is 4.98 Å². The van der Waals surface area contributed by atoms with Gasteiger partial charge in [0.05, 0.1) is 6.42 Å². The van der Waals surface area contributed by atoms with Gasteiger partial charge in [0.2, 0.25) is 5.91 Å². The standard InChI is InChI=1S/C30H28FN3O2/c31-22-7-6-10-24(19-22)34(28(35)18-20-13-14-26-21(17-20)15-16-32-26)29-25-11-4-5-12-27(25)33(30(29)36)23-8-2-1-3-9-23/h4-7,10-17,19,23,29,32H,1-3,8-9,18H2. The highest BCUT2D eigenvalue weighted by atomic mass is 19.1. The molecule has 5 nitrogen and oxygen atoms in total. The molecular formula is C30H28FN3O2. The minimum atomic E-state index is -0.826. The van der Waals surface area contributed by atoms with Crippen molar-refractivity contribution < 1.29 is 14.0 Å². The summed E-state index contributed by atoms with van der Waals surface area (Å²) in [4.78, 5) is 34.6. The molecule has 3 aromatic carbocycles. The fourth-order valence-corrected chi connectivity index (χ4v) is 5.82. The van der Waals surface area contributed by atoms with Gasteiger partial charge in [0.15, 0.2) is 0 Å². The van der Waals surface area contributed by atoms with E-state index < -0.39 is 11.9 Å². The Kier molecular flexibility index (Phi) is 5.80. The second-order valence-corrected chi connectivity index (χ2v) is 9.78. The van der Waals surface area contributed by atoms with Crippen LogP contribution < -0.4 is 9.80 Å². The molecule has 1 N–H and O–H groups in total. The van der Waals surface area contributed by atoms with Crippen LogP contribution in [0.5, 0.6) is 0 Å². The number of aromatic nitrogens is 1. The minimum absolute atomic E-state index is 0.104. The largest absolute Gasteiger partial charge is 0.361 e. The van der Waals surface area contributed by atoms with Crippen molar-refractivity contribution in [2.45, 2.75) is 50.6 Å². The molecule has 1 saturated carbocycles. The molecule has 6 heteroatoms. The fourth-order valence-electron chi connectivity index (χ4n) is 5.82. The number of halogens is 1. The number of hydrogen-bond donors (Lipinski definition) is 1. The van der Waals surface area contributed by atoms with Crippen LogP contribution in [0.15, 0.2) is 79.0 Å². The van der Waals surface area contributed by atoms with Gasteiger partial charge in [-0.1, -0.05) is 49.6 Å². The van der Waals surface area contributed by atoms with Crippen molar-refractivity contribution in [3.05, 3.63) is 95.9 Å². The zero-order chi connectivity index (χ0) is 24.6. The maximum absolute atomic E-state index is 14.4. The summed E-state index contributed by atoms with van der Waals surface area (Å²) in [5.74, 6) is -0.794. The van der Waals surface area contributed by atoms with Gasteiger partial charge in [-0.3, -0.25) is 14.5 Å². The number of carbonyl (C=O) groups is 2. The van der Waals surface area contributed by atoms with Gasteiger partial charge in [0, 0.05) is 34.7 Å². The van der Waals surface area contributed by atoms with Crippen LogP contribution in [0, 0.1) is 5.82 Å². The van der Waals surface area contributed by atoms with E-state index in [0.717, 1.165) is 53.4 Å². The first-order chi connectivity index (χ1) is 17.6. The van der Waals surface area contributed by atoms with Gasteiger partial charge in [-0.2, -0.15) is 0 Å². The van der Waals surface area contributed by atoms with E-state index in [2.05, 4.69) is 4.98 Å². The summed E-state index contributed by atoms with van der Waals surface area (Å²) in [5.41, 5.74) is 3.89. The summed E-state index contributed by atoms with van der Waals surface area (Å²) in [5, 5.41) is 1.02. The molecule has 6 rings (SSSR count). The third kappa shape index (κ3) is 3.96. The van der Waals surface area contributed by atoms with E-state index in [1.165, 1.54) is 23.5 Å². The Bertz CT molecular complexity index is 1440. The van der Waals surface area contributed by atoms with Crippen molar-refractivity contribution in [2.75, 3.05) is 9.80 Å². The number of benzene rings is 3. The molecule has 0 bridgehead atoms. The van der Waals surface area contributed by atoms with Crippen molar-refractivity contribution in [3.63, 3.8) is 0 Å². The number of anilines is 2. The summed E-state index contributed by atoms with van der Waals surface area (Å²) in [7, 11) is 0. The number of H-pyrrole nitrogens is 1. The van der Waals surface area contributed by atoms with Crippen LogP contribution in [-0.2, 0) is 16.0 Å². The van der Waals surface area contributed by atoms with Crippen LogP contribution in [0.25, 0.3) is 10.9 Å². The molecule has 182 valence electrons. The molecule has 1 aliphatic heterocycles. The van der Waals surface area contributed by atoms with E-state index in [1.807, 2.05) is 59.6 Å². The predicted molar refractivity (Wildman–Crippen MR) is 139 cm³/mol. The average Bonchev–Trinajstić information content (AvgIpc) is 3.47. The van der Waals surface area contributed by atoms with Gasteiger partial charge in [-0.15, -0.1) is 0 Å². The molecule has 0 saturated heterocycles. The number of fused-ring (bicyclic) bond motifs is 2. The molecule has 2 heterocycles. The maximum Gasteiger partial charge on any atom is 0.255 e. The van der Waals surface area contributed by atoms with E-state index in [9.17, 15) is 14.0 Å². The van der Waals surface area contributed by atoms with Crippen LogP contribution >= 0.6 is 0 Å². The van der Waals surface area contributed by atoms with E-state index in [0.29, 0.717) is 5.69 Å². The lowest BCUT2D eigenvalue weighted by Gasteiger charge is -2.33. The summed E-state index contributed by atoms with van der Waals surface area (Å²) in [6, 6.07) is 20.8. The Hall–Kier alpha value is -3.93. The summed E-state index contributed by atoms with van der Waals surface area (Å²) < 4.78 is 14.4. The molecule has 0 spiro atoms. The maximum atomic E-state index is 14.4. The summed E-state index contributed by atoms with van der Waals surface area (Å²) >= 11 is 0. The van der Waals surface area contributed by atoms with Crippen LogP contribution in [0.4, 0.5) is 15.8 Å². The lowest BCUT2D eigenvalue weighted by molar-refractivity contribution is -0.124. The van der Waals surface area contributed by atoms with Crippen molar-refractivity contribution in [2.24, 2.45) is 0 Å². The number of aromatic amines is 1. The number of nitrogens with one attached hydrogen (secondary N) is 1. The zero-order valence-corrected chi connectivity index (χ0v) is 20.0. The van der Waals surface area contributed by atoms with Gasteiger partial charge in [-0.25, -0.2) is 4.39 Å². The topological polar surface area (TPSA) is 56.4 Å². The Labute approximate surface area is 209 Å². The normalized spacial score (nSPS) is 18.0. The quantitative estimate of drug-likeness (QED) is 0.364. The van der Waals surface area contributed by atoms with Crippen LogP contribution in [0.2, 0.25) is 0 Å². The number of carbonyl (C=O) groups excluding carboxylic acids is 2. The van der Waals surface area contributed by atoms with Crippen molar-refractivity contribution in [3.8, 4) is 0 Å². The first-order valence-corrected chi connectivity index (χ1v) is 12.7. The van der Waals surface area contributed by atoms with Crippen LogP contribution in [0.1, 0.15) is 49.3 Å². The smallest absolute Gasteiger partial charge is 0.255 e. The first kappa shape index (κ1) is 22.5. The third-order valence-corrected chi connectivity index (χ3v) is 7.49. The second-order valence-electron chi connectivity index (χ2n) is 9.78. The summed E-state index contributed by atoms with van der Waals surface area (Å²) in [6.07, 6.45) is 7.25. The number of hydrogen-bond acceptors (Lipinski definition) is 2. The van der Waals surface area contributed by atoms with Crippen LogP contribution in [-0.4, -0.2) is 22.8 Å². The van der Waals surface area contributed by atoms with Crippen molar-refractivity contribution in [1.29, 1.82) is 0 Å². The third-order valence-electron chi connectivity index (χ3n) is 7.49. The highest BCUT2D eigenvalue weighted by Gasteiger charge is 2.45. The Morgan fingerprint density at radius 2 is 1.81 bits per heavy atom. The van der Waals surface area contributed by atoms with Crippen molar-refractivity contribution >= 4 is 34.1 Å². The highest BCUT2D eigenvalue weighted by Crippen LogP contribution is 2.44. The molecule has 4 aromatic rings. The fraction of sp³-hybridized carbons (Fsp3) is 0.267.